The summed E-state index contributed by atoms with van der Waals surface area (Å²) in [4.78, 5) is 36.0. The van der Waals surface area contributed by atoms with Gasteiger partial charge >= 0.3 is 0 Å². The number of aromatic hydroxyl groups is 1. The number of rotatable bonds is 5. The number of carbonyl (C=O) groups is 2. The van der Waals surface area contributed by atoms with Gasteiger partial charge < -0.3 is 24.4 Å². The van der Waals surface area contributed by atoms with Crippen molar-refractivity contribution in [3.8, 4) is 11.5 Å². The SMILES string of the molecule is COc1cc(Cl)cc2cc(C(=O)C3=C(O)C(=O)N(c4nc5ccccc5[nH]4)C3c3ccc(O)cc3)oc12. The van der Waals surface area contributed by atoms with Crippen LogP contribution in [-0.4, -0.2) is 39.0 Å². The molecule has 0 bridgehead atoms. The van der Waals surface area contributed by atoms with Crippen molar-refractivity contribution in [2.45, 2.75) is 6.04 Å². The van der Waals surface area contributed by atoms with E-state index in [4.69, 9.17) is 20.8 Å². The van der Waals surface area contributed by atoms with Gasteiger partial charge in [-0.3, -0.25) is 14.5 Å². The number of hydrogen-bond acceptors (Lipinski definition) is 7. The highest BCUT2D eigenvalue weighted by atomic mass is 35.5. The van der Waals surface area contributed by atoms with E-state index in [0.29, 0.717) is 38.3 Å². The van der Waals surface area contributed by atoms with Crippen LogP contribution in [0.4, 0.5) is 5.95 Å². The zero-order chi connectivity index (χ0) is 25.8. The Morgan fingerprint density at radius 3 is 2.59 bits per heavy atom. The highest BCUT2D eigenvalue weighted by Gasteiger charge is 2.46. The number of benzene rings is 3. The largest absolute Gasteiger partial charge is 0.508 e. The van der Waals surface area contributed by atoms with Crippen LogP contribution in [0.25, 0.3) is 22.0 Å². The number of aromatic nitrogens is 2. The summed E-state index contributed by atoms with van der Waals surface area (Å²) < 4.78 is 11.1. The zero-order valence-corrected chi connectivity index (χ0v) is 20.0. The van der Waals surface area contributed by atoms with E-state index in [1.54, 1.807) is 36.4 Å². The molecule has 3 aromatic carbocycles. The molecule has 9 nitrogen and oxygen atoms in total. The van der Waals surface area contributed by atoms with Crippen molar-refractivity contribution >= 4 is 51.2 Å². The van der Waals surface area contributed by atoms with Crippen molar-refractivity contribution < 1.29 is 29.0 Å². The molecule has 1 aliphatic rings. The molecule has 0 radical (unpaired) electrons. The van der Waals surface area contributed by atoms with Gasteiger partial charge in [0.25, 0.3) is 5.91 Å². The first-order chi connectivity index (χ1) is 17.9. The Bertz CT molecular complexity index is 1720. The summed E-state index contributed by atoms with van der Waals surface area (Å²) in [5.74, 6) is -1.85. The second kappa shape index (κ2) is 8.42. The molecule has 0 fully saturated rings. The number of ether oxygens (including phenoxy) is 1. The molecule has 0 saturated carbocycles. The predicted molar refractivity (Wildman–Crippen MR) is 136 cm³/mol. The van der Waals surface area contributed by atoms with E-state index in [0.717, 1.165) is 0 Å². The number of fused-ring (bicyclic) bond motifs is 2. The zero-order valence-electron chi connectivity index (χ0n) is 19.2. The molecule has 0 aliphatic carbocycles. The van der Waals surface area contributed by atoms with Crippen molar-refractivity contribution in [1.29, 1.82) is 0 Å². The first-order valence-corrected chi connectivity index (χ1v) is 11.6. The molecular weight excluding hydrogens is 498 g/mol. The minimum Gasteiger partial charge on any atom is -0.508 e. The van der Waals surface area contributed by atoms with Crippen LogP contribution in [0.1, 0.15) is 22.2 Å². The van der Waals surface area contributed by atoms with Gasteiger partial charge in [-0.2, -0.15) is 0 Å². The van der Waals surface area contributed by atoms with Crippen LogP contribution in [0.15, 0.2) is 82.5 Å². The normalized spacial score (nSPS) is 15.8. The van der Waals surface area contributed by atoms with E-state index in [1.165, 1.54) is 30.2 Å². The van der Waals surface area contributed by atoms with Gasteiger partial charge in [-0.15, -0.1) is 0 Å². The number of amides is 1. The number of aromatic amines is 1. The molecule has 10 heteroatoms. The Hall–Kier alpha value is -4.76. The third-order valence-electron chi connectivity index (χ3n) is 6.26. The summed E-state index contributed by atoms with van der Waals surface area (Å²) in [5.41, 5.74) is 1.86. The van der Waals surface area contributed by atoms with Crippen LogP contribution in [0.3, 0.4) is 0 Å². The van der Waals surface area contributed by atoms with Gasteiger partial charge in [-0.05, 0) is 42.0 Å². The van der Waals surface area contributed by atoms with Crippen molar-refractivity contribution in [3.05, 3.63) is 94.4 Å². The lowest BCUT2D eigenvalue weighted by Crippen LogP contribution is -2.32. The lowest BCUT2D eigenvalue weighted by Gasteiger charge is -2.24. The lowest BCUT2D eigenvalue weighted by molar-refractivity contribution is -0.117. The molecule has 1 unspecified atom stereocenters. The van der Waals surface area contributed by atoms with E-state index >= 15 is 0 Å². The second-order valence-corrected chi connectivity index (χ2v) is 8.91. The number of methoxy groups -OCH3 is 1. The Morgan fingerprint density at radius 1 is 1.11 bits per heavy atom. The molecule has 184 valence electrons. The Balaban J connectivity index is 1.51. The molecule has 6 rings (SSSR count). The molecule has 1 amide bonds. The first kappa shape index (κ1) is 22.7. The molecular formula is C27H18ClN3O6. The number of phenolic OH excluding ortho intramolecular Hbond substituents is 1. The number of nitrogens with one attached hydrogen (secondary N) is 1. The second-order valence-electron chi connectivity index (χ2n) is 8.48. The smallest absolute Gasteiger partial charge is 0.296 e. The van der Waals surface area contributed by atoms with E-state index in [2.05, 4.69) is 9.97 Å². The molecule has 3 heterocycles. The first-order valence-electron chi connectivity index (χ1n) is 11.2. The Labute approximate surface area is 214 Å². The lowest BCUT2D eigenvalue weighted by atomic mass is 9.95. The van der Waals surface area contributed by atoms with Gasteiger partial charge in [0.1, 0.15) is 5.75 Å². The van der Waals surface area contributed by atoms with Gasteiger partial charge in [0, 0.05) is 16.5 Å². The number of halogens is 1. The predicted octanol–water partition coefficient (Wildman–Crippen LogP) is 5.46. The van der Waals surface area contributed by atoms with E-state index < -0.39 is 23.5 Å². The summed E-state index contributed by atoms with van der Waals surface area (Å²) in [6.07, 6.45) is 0. The summed E-state index contributed by atoms with van der Waals surface area (Å²) in [6, 6.07) is 16.8. The van der Waals surface area contributed by atoms with Crippen LogP contribution in [-0.2, 0) is 4.79 Å². The number of hydrogen-bond donors (Lipinski definition) is 3. The third kappa shape index (κ3) is 3.59. The minimum absolute atomic E-state index is 0.00527. The number of anilines is 1. The van der Waals surface area contributed by atoms with Crippen molar-refractivity contribution in [2.24, 2.45) is 0 Å². The van der Waals surface area contributed by atoms with Crippen LogP contribution in [0, 0.1) is 0 Å². The Morgan fingerprint density at radius 2 is 1.86 bits per heavy atom. The summed E-state index contributed by atoms with van der Waals surface area (Å²) in [5, 5.41) is 21.7. The number of furan rings is 1. The van der Waals surface area contributed by atoms with Crippen molar-refractivity contribution in [1.82, 2.24) is 9.97 Å². The fourth-order valence-electron chi connectivity index (χ4n) is 4.56. The molecule has 37 heavy (non-hydrogen) atoms. The fraction of sp³-hybridized carbons (Fsp3) is 0.0741. The van der Waals surface area contributed by atoms with Crippen molar-refractivity contribution in [2.75, 3.05) is 12.0 Å². The van der Waals surface area contributed by atoms with Crippen molar-refractivity contribution in [3.63, 3.8) is 0 Å². The van der Waals surface area contributed by atoms with Gasteiger partial charge in [-0.25, -0.2) is 4.98 Å². The Kier molecular flexibility index (Phi) is 5.16. The fourth-order valence-corrected chi connectivity index (χ4v) is 4.78. The summed E-state index contributed by atoms with van der Waals surface area (Å²) in [6.45, 7) is 0. The number of carbonyl (C=O) groups excluding carboxylic acids is 2. The molecule has 3 N–H and O–H groups in total. The number of para-hydroxylation sites is 2. The van der Waals surface area contributed by atoms with Gasteiger partial charge in [-0.1, -0.05) is 35.9 Å². The number of ketones is 1. The third-order valence-corrected chi connectivity index (χ3v) is 6.48. The maximum absolute atomic E-state index is 13.8. The number of Topliss-reactive ketones (excluding diaryl/α,β-unsaturated/α-hetero) is 1. The minimum atomic E-state index is -1.06. The topological polar surface area (TPSA) is 129 Å². The number of aliphatic hydroxyl groups excluding tert-OH is 1. The highest BCUT2D eigenvalue weighted by molar-refractivity contribution is 6.31. The van der Waals surface area contributed by atoms with Gasteiger partial charge in [0.15, 0.2) is 22.9 Å². The van der Waals surface area contributed by atoms with Crippen LogP contribution in [0.5, 0.6) is 11.5 Å². The number of phenols is 1. The molecule has 2 aromatic heterocycles. The number of nitrogens with zero attached hydrogens (tertiary/aromatic N) is 2. The van der Waals surface area contributed by atoms with Gasteiger partial charge in [0.2, 0.25) is 11.7 Å². The van der Waals surface area contributed by atoms with Crippen LogP contribution < -0.4 is 9.64 Å². The average molecular weight is 516 g/mol. The summed E-state index contributed by atoms with van der Waals surface area (Å²) in [7, 11) is 1.45. The maximum Gasteiger partial charge on any atom is 0.296 e. The quantitative estimate of drug-likeness (QED) is 0.265. The number of aliphatic hydroxyl groups is 1. The molecule has 0 saturated heterocycles. The molecule has 0 spiro atoms. The molecule has 1 atom stereocenters. The van der Waals surface area contributed by atoms with E-state index in [-0.39, 0.29) is 23.0 Å². The summed E-state index contributed by atoms with van der Waals surface area (Å²) >= 11 is 6.16. The molecule has 1 aliphatic heterocycles. The molecule has 5 aromatic rings. The van der Waals surface area contributed by atoms with Crippen LogP contribution >= 0.6 is 11.6 Å². The average Bonchev–Trinajstić information content (AvgIpc) is 3.58. The highest BCUT2D eigenvalue weighted by Crippen LogP contribution is 2.43. The number of imidazole rings is 1. The van der Waals surface area contributed by atoms with Gasteiger partial charge in [0.05, 0.1) is 29.8 Å². The van der Waals surface area contributed by atoms with E-state index in [1.807, 2.05) is 12.1 Å². The maximum atomic E-state index is 13.8. The monoisotopic (exact) mass is 515 g/mol. The van der Waals surface area contributed by atoms with E-state index in [9.17, 15) is 19.8 Å². The number of H-pyrrole nitrogens is 1. The standard InChI is InChI=1S/C27H18ClN3O6/c1-36-20-12-15(28)10-14-11-19(37-25(14)20)23(33)21-22(13-6-8-16(32)9-7-13)31(26(35)24(21)34)27-29-17-4-2-3-5-18(17)30-27/h2-12,22,32,34H,1H3,(H,29,30). The van der Waals surface area contributed by atoms with Crippen LogP contribution in [0.2, 0.25) is 5.02 Å².